The summed E-state index contributed by atoms with van der Waals surface area (Å²) in [4.78, 5) is 73.5. The number of hydrogen-bond donors (Lipinski definition) is 2. The first-order valence-electron chi connectivity index (χ1n) is 24.0. The molecule has 4 rings (SSSR count). The maximum atomic E-state index is 14.9. The average Bonchev–Trinajstić information content (AvgIpc) is 3.91. The van der Waals surface area contributed by atoms with Crippen molar-refractivity contribution in [2.24, 2.45) is 17.3 Å². The standard InChI is InChI=1S/C51H80N4O10Si2/c1-17-22-62-46(57)25-40(32(2)3)47(58)53-36(10)43(56)23-37-18-19-38(52-28-37)29-63-49(60)54-42-26-45(65-67(33(4)5,34(6)7)35(8)9)44(61-14)24-41(42)48(59)55-31-51(20-21-51)27-39(55)30-64-66(15,16)50(11,12)13/h17-19,24,26,28,32-36,39-40H,1,20-23,25,27,29-31H2,2-16H3,(H,53,58)(H,54,60)/t36-,39-,40-/m0/s1. The Labute approximate surface area is 402 Å². The quantitative estimate of drug-likeness (QED) is 0.0617. The fourth-order valence-corrected chi connectivity index (χ4v) is 15.4. The van der Waals surface area contributed by atoms with E-state index < -0.39 is 46.6 Å². The first kappa shape index (κ1) is 55.1. The van der Waals surface area contributed by atoms with Gasteiger partial charge in [0.25, 0.3) is 14.2 Å². The first-order chi connectivity index (χ1) is 31.2. The Hall–Kier alpha value is -4.55. The van der Waals surface area contributed by atoms with Crippen molar-refractivity contribution in [2.45, 2.75) is 169 Å². The second kappa shape index (κ2) is 22.7. The van der Waals surface area contributed by atoms with Gasteiger partial charge in [-0.05, 0) is 90.0 Å². The van der Waals surface area contributed by atoms with Crippen LogP contribution in [-0.4, -0.2) is 95.1 Å². The minimum absolute atomic E-state index is 0.00154. The number of pyridine rings is 1. The van der Waals surface area contributed by atoms with E-state index in [1.165, 1.54) is 12.3 Å². The van der Waals surface area contributed by atoms with E-state index in [4.69, 9.17) is 23.1 Å². The number of hydrogen-bond acceptors (Lipinski definition) is 11. The molecule has 1 aliphatic carbocycles. The molecule has 1 saturated heterocycles. The van der Waals surface area contributed by atoms with Crippen LogP contribution in [0.5, 0.6) is 11.5 Å². The molecule has 67 heavy (non-hydrogen) atoms. The van der Waals surface area contributed by atoms with Gasteiger partial charge in [0.05, 0.1) is 55.1 Å². The number of nitrogens with one attached hydrogen (secondary N) is 2. The molecule has 3 atom stereocenters. The lowest BCUT2D eigenvalue weighted by molar-refractivity contribution is -0.146. The first-order valence-corrected chi connectivity index (χ1v) is 29.1. The van der Waals surface area contributed by atoms with Crippen molar-refractivity contribution in [3.63, 3.8) is 0 Å². The fourth-order valence-electron chi connectivity index (χ4n) is 9.10. The molecule has 0 radical (unpaired) electrons. The van der Waals surface area contributed by atoms with Crippen molar-refractivity contribution in [1.82, 2.24) is 15.2 Å². The van der Waals surface area contributed by atoms with Crippen molar-refractivity contribution in [1.29, 1.82) is 0 Å². The molecule has 0 bridgehead atoms. The Morgan fingerprint density at radius 2 is 1.58 bits per heavy atom. The monoisotopic (exact) mass is 965 g/mol. The van der Waals surface area contributed by atoms with Gasteiger partial charge in [0, 0.05) is 25.2 Å². The Morgan fingerprint density at radius 3 is 2.10 bits per heavy atom. The van der Waals surface area contributed by atoms with E-state index in [-0.39, 0.29) is 88.0 Å². The lowest BCUT2D eigenvalue weighted by Crippen LogP contribution is -2.50. The van der Waals surface area contributed by atoms with E-state index in [2.05, 4.69) is 97.6 Å². The molecule has 1 saturated carbocycles. The Balaban J connectivity index is 1.54. The third-order valence-corrected chi connectivity index (χ3v) is 24.9. The smallest absolute Gasteiger partial charge is 0.412 e. The Morgan fingerprint density at radius 1 is 0.940 bits per heavy atom. The summed E-state index contributed by atoms with van der Waals surface area (Å²) in [6.07, 6.45) is 5.08. The third kappa shape index (κ3) is 13.8. The van der Waals surface area contributed by atoms with E-state index >= 15 is 0 Å². The summed E-state index contributed by atoms with van der Waals surface area (Å²) in [5.74, 6) is -1.33. The van der Waals surface area contributed by atoms with Crippen molar-refractivity contribution >= 4 is 52.0 Å². The summed E-state index contributed by atoms with van der Waals surface area (Å²) in [6.45, 7) is 34.0. The maximum Gasteiger partial charge on any atom is 0.412 e. The zero-order chi connectivity index (χ0) is 50.2. The van der Waals surface area contributed by atoms with Crippen molar-refractivity contribution in [3.05, 3.63) is 59.9 Å². The van der Waals surface area contributed by atoms with Gasteiger partial charge in [-0.15, -0.1) is 0 Å². The normalized spacial score (nSPS) is 16.8. The van der Waals surface area contributed by atoms with Crippen LogP contribution in [0.15, 0.2) is 43.1 Å². The number of benzene rings is 1. The summed E-state index contributed by atoms with van der Waals surface area (Å²) in [5.41, 5.74) is 2.38. The lowest BCUT2D eigenvalue weighted by Gasteiger charge is -2.42. The summed E-state index contributed by atoms with van der Waals surface area (Å²) in [6, 6.07) is 5.84. The molecular formula is C51H80N4O10Si2. The van der Waals surface area contributed by atoms with E-state index in [9.17, 15) is 24.0 Å². The molecule has 2 aromatic rings. The number of nitrogens with zero attached hydrogens (tertiary/aromatic N) is 2. The summed E-state index contributed by atoms with van der Waals surface area (Å²) >= 11 is 0. The molecule has 1 spiro atoms. The number of carbonyl (C=O) groups is 5. The van der Waals surface area contributed by atoms with Crippen LogP contribution in [0.2, 0.25) is 34.8 Å². The number of carbonyl (C=O) groups excluding carboxylic acids is 5. The SMILES string of the molecule is C=CCOC(=O)C[C@H](C(=O)N[C@@H](C)C(=O)Cc1ccc(COC(=O)Nc2cc(O[Si](C(C)C)(C(C)C)C(C)C)c(OC)cc2C(=O)N2CC3(CC3)C[C@H]2CO[Si](C)(C)C(C)(C)C)nc1)C(C)C. The summed E-state index contributed by atoms with van der Waals surface area (Å²) in [5, 5.41) is 5.65. The number of aromatic nitrogens is 1. The number of amides is 3. The number of likely N-dealkylation sites (tertiary alicyclic amines) is 1. The highest BCUT2D eigenvalue weighted by Crippen LogP contribution is 2.56. The second-order valence-electron chi connectivity index (χ2n) is 21.6. The predicted molar refractivity (Wildman–Crippen MR) is 267 cm³/mol. The molecule has 3 amide bonds. The number of rotatable bonds is 23. The molecule has 1 aromatic heterocycles. The van der Waals surface area contributed by atoms with Gasteiger partial charge >= 0.3 is 12.1 Å². The van der Waals surface area contributed by atoms with E-state index in [0.29, 0.717) is 35.9 Å². The van der Waals surface area contributed by atoms with Crippen LogP contribution < -0.4 is 19.8 Å². The highest BCUT2D eigenvalue weighted by molar-refractivity contribution is 6.78. The molecule has 372 valence electrons. The molecule has 16 heteroatoms. The topological polar surface area (TPSA) is 172 Å². The van der Waals surface area contributed by atoms with Gasteiger partial charge in [0.15, 0.2) is 19.9 Å². The highest BCUT2D eigenvalue weighted by Gasteiger charge is 2.54. The lowest BCUT2D eigenvalue weighted by atomic mass is 9.91. The van der Waals surface area contributed by atoms with Gasteiger partial charge < -0.3 is 33.3 Å². The Kier molecular flexibility index (Phi) is 18.7. The van der Waals surface area contributed by atoms with Crippen molar-refractivity contribution < 1.29 is 47.0 Å². The number of esters is 1. The minimum atomic E-state index is -2.52. The molecule has 1 aromatic carbocycles. The second-order valence-corrected chi connectivity index (χ2v) is 31.8. The van der Waals surface area contributed by atoms with Crippen LogP contribution in [0.4, 0.5) is 10.5 Å². The average molecular weight is 965 g/mol. The largest absolute Gasteiger partial charge is 0.540 e. The zero-order valence-electron chi connectivity index (χ0n) is 43.1. The van der Waals surface area contributed by atoms with Crippen LogP contribution in [0.3, 0.4) is 0 Å². The highest BCUT2D eigenvalue weighted by atomic mass is 28.4. The van der Waals surface area contributed by atoms with Gasteiger partial charge in [-0.1, -0.05) is 94.9 Å². The van der Waals surface area contributed by atoms with Crippen LogP contribution in [0.1, 0.15) is 130 Å². The molecule has 2 fully saturated rings. The molecule has 2 aliphatic rings. The molecule has 2 N–H and O–H groups in total. The number of anilines is 1. The zero-order valence-corrected chi connectivity index (χ0v) is 45.1. The van der Waals surface area contributed by atoms with Crippen molar-refractivity contribution in [3.8, 4) is 11.5 Å². The van der Waals surface area contributed by atoms with Gasteiger partial charge in [-0.3, -0.25) is 29.5 Å². The molecule has 1 aliphatic heterocycles. The number of ketones is 1. The molecule has 0 unspecified atom stereocenters. The Bertz CT molecular complexity index is 2060. The van der Waals surface area contributed by atoms with Gasteiger partial charge in [0.2, 0.25) is 5.91 Å². The third-order valence-electron chi connectivity index (χ3n) is 14.4. The van der Waals surface area contributed by atoms with E-state index in [0.717, 1.165) is 19.3 Å². The van der Waals surface area contributed by atoms with Gasteiger partial charge in [-0.2, -0.15) is 0 Å². The maximum absolute atomic E-state index is 14.9. The van der Waals surface area contributed by atoms with Crippen LogP contribution in [0.25, 0.3) is 0 Å². The number of Topliss-reactive ketones (excluding diaryl/α,β-unsaturated/α-hetero) is 1. The van der Waals surface area contributed by atoms with Crippen LogP contribution >= 0.6 is 0 Å². The van der Waals surface area contributed by atoms with E-state index in [1.807, 2.05) is 18.7 Å². The molecule has 14 nitrogen and oxygen atoms in total. The van der Waals surface area contributed by atoms with Gasteiger partial charge in [0.1, 0.15) is 19.0 Å². The van der Waals surface area contributed by atoms with Gasteiger partial charge in [-0.25, -0.2) is 4.79 Å². The van der Waals surface area contributed by atoms with Crippen LogP contribution in [0, 0.1) is 17.3 Å². The molecular weight excluding hydrogens is 885 g/mol. The fraction of sp³-hybridized carbons (Fsp3) is 0.647. The number of ether oxygens (including phenoxy) is 3. The summed E-state index contributed by atoms with van der Waals surface area (Å²) < 4.78 is 30.6. The number of methoxy groups -OCH3 is 1. The minimum Gasteiger partial charge on any atom is -0.540 e. The van der Waals surface area contributed by atoms with E-state index in [1.54, 1.807) is 38.3 Å². The van der Waals surface area contributed by atoms with Crippen molar-refractivity contribution in [2.75, 3.05) is 32.2 Å². The van der Waals surface area contributed by atoms with Crippen LogP contribution in [-0.2, 0) is 41.3 Å². The summed E-state index contributed by atoms with van der Waals surface area (Å²) in [7, 11) is -3.07. The molecule has 2 heterocycles. The predicted octanol–water partition coefficient (Wildman–Crippen LogP) is 10.4.